The molecule has 2 N–H and O–H groups in total. The Balaban J connectivity index is 1.92. The summed E-state index contributed by atoms with van der Waals surface area (Å²) in [5.41, 5.74) is 1.44. The molecule has 0 bridgehead atoms. The SMILES string of the molecule is C=CCNC(=O)CNc1cccc(C(=O)N2CCC(C)CC2)c1. The molecule has 5 nitrogen and oxygen atoms in total. The van der Waals surface area contributed by atoms with E-state index in [-0.39, 0.29) is 18.4 Å². The van der Waals surface area contributed by atoms with E-state index in [1.807, 2.05) is 23.1 Å². The summed E-state index contributed by atoms with van der Waals surface area (Å²) in [6.45, 7) is 8.05. The maximum Gasteiger partial charge on any atom is 0.253 e. The van der Waals surface area contributed by atoms with Crippen molar-refractivity contribution in [2.24, 2.45) is 5.92 Å². The molecule has 1 aromatic carbocycles. The number of carbonyl (C=O) groups is 2. The second-order valence-electron chi connectivity index (χ2n) is 6.00. The average molecular weight is 315 g/mol. The van der Waals surface area contributed by atoms with E-state index < -0.39 is 0 Å². The van der Waals surface area contributed by atoms with Gasteiger partial charge >= 0.3 is 0 Å². The molecule has 1 aliphatic heterocycles. The Kier molecular flexibility index (Phi) is 6.20. The van der Waals surface area contributed by atoms with Crippen LogP contribution < -0.4 is 10.6 Å². The molecule has 124 valence electrons. The van der Waals surface area contributed by atoms with Gasteiger partial charge in [-0.3, -0.25) is 9.59 Å². The lowest BCUT2D eigenvalue weighted by atomic mass is 9.98. The number of nitrogens with one attached hydrogen (secondary N) is 2. The van der Waals surface area contributed by atoms with Gasteiger partial charge in [0.25, 0.3) is 5.91 Å². The first kappa shape index (κ1) is 17.1. The highest BCUT2D eigenvalue weighted by molar-refractivity contribution is 5.95. The fourth-order valence-electron chi connectivity index (χ4n) is 2.59. The Morgan fingerprint density at radius 3 is 2.78 bits per heavy atom. The number of anilines is 1. The maximum atomic E-state index is 12.5. The predicted molar refractivity (Wildman–Crippen MR) is 92.4 cm³/mol. The summed E-state index contributed by atoms with van der Waals surface area (Å²) >= 11 is 0. The Labute approximate surface area is 137 Å². The van der Waals surface area contributed by atoms with E-state index in [9.17, 15) is 9.59 Å². The molecular formula is C18H25N3O2. The van der Waals surface area contributed by atoms with Crippen LogP contribution in [0.25, 0.3) is 0 Å². The minimum atomic E-state index is -0.105. The normalized spacial score (nSPS) is 15.1. The molecule has 0 aromatic heterocycles. The molecule has 1 fully saturated rings. The molecule has 0 aliphatic carbocycles. The van der Waals surface area contributed by atoms with E-state index in [2.05, 4.69) is 24.1 Å². The number of benzene rings is 1. The van der Waals surface area contributed by atoms with Crippen molar-refractivity contribution in [1.82, 2.24) is 10.2 Å². The molecule has 0 unspecified atom stereocenters. The van der Waals surface area contributed by atoms with Crippen molar-refractivity contribution >= 4 is 17.5 Å². The number of hydrogen-bond donors (Lipinski definition) is 2. The van der Waals surface area contributed by atoms with Gasteiger partial charge in [0.2, 0.25) is 5.91 Å². The highest BCUT2D eigenvalue weighted by Gasteiger charge is 2.21. The lowest BCUT2D eigenvalue weighted by molar-refractivity contribution is -0.119. The number of carbonyl (C=O) groups excluding carboxylic acids is 2. The quantitative estimate of drug-likeness (QED) is 0.792. The van der Waals surface area contributed by atoms with E-state index in [1.165, 1.54) is 0 Å². The lowest BCUT2D eigenvalue weighted by Gasteiger charge is -2.30. The van der Waals surface area contributed by atoms with E-state index in [4.69, 9.17) is 0 Å². The van der Waals surface area contributed by atoms with Crippen molar-refractivity contribution in [2.45, 2.75) is 19.8 Å². The largest absolute Gasteiger partial charge is 0.376 e. The maximum absolute atomic E-state index is 12.5. The minimum Gasteiger partial charge on any atom is -0.376 e. The number of rotatable bonds is 6. The van der Waals surface area contributed by atoms with Crippen LogP contribution in [0.15, 0.2) is 36.9 Å². The van der Waals surface area contributed by atoms with Crippen LogP contribution in [0.1, 0.15) is 30.1 Å². The zero-order valence-corrected chi connectivity index (χ0v) is 13.7. The monoisotopic (exact) mass is 315 g/mol. The van der Waals surface area contributed by atoms with Gasteiger partial charge in [0.15, 0.2) is 0 Å². The fourth-order valence-corrected chi connectivity index (χ4v) is 2.59. The highest BCUT2D eigenvalue weighted by Crippen LogP contribution is 2.19. The van der Waals surface area contributed by atoms with E-state index in [1.54, 1.807) is 12.1 Å². The van der Waals surface area contributed by atoms with E-state index in [0.29, 0.717) is 18.0 Å². The molecule has 1 aliphatic rings. The Morgan fingerprint density at radius 2 is 2.09 bits per heavy atom. The topological polar surface area (TPSA) is 61.4 Å². The first-order valence-corrected chi connectivity index (χ1v) is 8.11. The molecule has 0 spiro atoms. The zero-order valence-electron chi connectivity index (χ0n) is 13.7. The van der Waals surface area contributed by atoms with Crippen LogP contribution in [0.4, 0.5) is 5.69 Å². The van der Waals surface area contributed by atoms with Gasteiger partial charge in [0, 0.05) is 30.9 Å². The van der Waals surface area contributed by atoms with Crippen LogP contribution >= 0.6 is 0 Å². The number of hydrogen-bond acceptors (Lipinski definition) is 3. The standard InChI is InChI=1S/C18H25N3O2/c1-3-9-19-17(22)13-20-16-6-4-5-15(12-16)18(23)21-10-7-14(2)8-11-21/h3-6,12,14,20H,1,7-11,13H2,2H3,(H,19,22). The summed E-state index contributed by atoms with van der Waals surface area (Å²) in [6, 6.07) is 7.32. The van der Waals surface area contributed by atoms with Gasteiger partial charge in [-0.15, -0.1) is 6.58 Å². The van der Waals surface area contributed by atoms with Crippen LogP contribution in [0.3, 0.4) is 0 Å². The van der Waals surface area contributed by atoms with Gasteiger partial charge in [-0.2, -0.15) is 0 Å². The van der Waals surface area contributed by atoms with Crippen molar-refractivity contribution in [2.75, 3.05) is 31.5 Å². The minimum absolute atomic E-state index is 0.0664. The number of likely N-dealkylation sites (tertiary alicyclic amines) is 1. The third-order valence-corrected chi connectivity index (χ3v) is 4.08. The van der Waals surface area contributed by atoms with E-state index in [0.717, 1.165) is 31.6 Å². The molecule has 1 saturated heterocycles. The van der Waals surface area contributed by atoms with Crippen LogP contribution in [0, 0.1) is 5.92 Å². The molecule has 0 radical (unpaired) electrons. The Morgan fingerprint density at radius 1 is 1.35 bits per heavy atom. The van der Waals surface area contributed by atoms with Gasteiger partial charge in [-0.05, 0) is 37.0 Å². The second kappa shape index (κ2) is 8.36. The van der Waals surface area contributed by atoms with Crippen LogP contribution in [0.2, 0.25) is 0 Å². The third kappa shape index (κ3) is 5.13. The molecule has 0 atom stereocenters. The highest BCUT2D eigenvalue weighted by atomic mass is 16.2. The van der Waals surface area contributed by atoms with Gasteiger partial charge in [-0.25, -0.2) is 0 Å². The van der Waals surface area contributed by atoms with Crippen molar-refractivity contribution in [3.05, 3.63) is 42.5 Å². The van der Waals surface area contributed by atoms with Crippen molar-refractivity contribution in [1.29, 1.82) is 0 Å². The Bertz CT molecular complexity index is 563. The van der Waals surface area contributed by atoms with Crippen molar-refractivity contribution in [3.63, 3.8) is 0 Å². The first-order chi connectivity index (χ1) is 11.1. The van der Waals surface area contributed by atoms with E-state index >= 15 is 0 Å². The molecule has 1 heterocycles. The summed E-state index contributed by atoms with van der Waals surface area (Å²) in [5, 5.41) is 5.74. The Hall–Kier alpha value is -2.30. The summed E-state index contributed by atoms with van der Waals surface area (Å²) in [7, 11) is 0. The first-order valence-electron chi connectivity index (χ1n) is 8.11. The van der Waals surface area contributed by atoms with Crippen molar-refractivity contribution < 1.29 is 9.59 Å². The third-order valence-electron chi connectivity index (χ3n) is 4.08. The number of piperidine rings is 1. The molecule has 2 rings (SSSR count). The number of amides is 2. The summed E-state index contributed by atoms with van der Waals surface area (Å²) in [5.74, 6) is 0.657. The smallest absolute Gasteiger partial charge is 0.253 e. The number of nitrogens with zero attached hydrogens (tertiary/aromatic N) is 1. The van der Waals surface area contributed by atoms with Crippen LogP contribution in [0.5, 0.6) is 0 Å². The van der Waals surface area contributed by atoms with Gasteiger partial charge in [0.1, 0.15) is 0 Å². The molecule has 0 saturated carbocycles. The molecular weight excluding hydrogens is 290 g/mol. The molecule has 2 amide bonds. The van der Waals surface area contributed by atoms with Crippen LogP contribution in [-0.2, 0) is 4.79 Å². The fraction of sp³-hybridized carbons (Fsp3) is 0.444. The molecule has 5 heteroatoms. The predicted octanol–water partition coefficient (Wildman–Crippen LogP) is 2.27. The van der Waals surface area contributed by atoms with Gasteiger partial charge < -0.3 is 15.5 Å². The van der Waals surface area contributed by atoms with Crippen molar-refractivity contribution in [3.8, 4) is 0 Å². The van der Waals surface area contributed by atoms with Gasteiger partial charge in [-0.1, -0.05) is 19.1 Å². The van der Waals surface area contributed by atoms with Crippen LogP contribution in [-0.4, -0.2) is 42.9 Å². The summed E-state index contributed by atoms with van der Waals surface area (Å²) in [6.07, 6.45) is 3.76. The summed E-state index contributed by atoms with van der Waals surface area (Å²) < 4.78 is 0. The zero-order chi connectivity index (χ0) is 16.7. The molecule has 1 aromatic rings. The summed E-state index contributed by atoms with van der Waals surface area (Å²) in [4.78, 5) is 26.0. The van der Waals surface area contributed by atoms with Gasteiger partial charge in [0.05, 0.1) is 6.54 Å². The average Bonchev–Trinajstić information content (AvgIpc) is 2.58. The second-order valence-corrected chi connectivity index (χ2v) is 6.00. The molecule has 23 heavy (non-hydrogen) atoms. The lowest BCUT2D eigenvalue weighted by Crippen LogP contribution is -2.37.